The molecule has 3 aromatic heterocycles. The highest BCUT2D eigenvalue weighted by atomic mass is 16.6. The van der Waals surface area contributed by atoms with E-state index in [1.165, 1.54) is 6.33 Å². The van der Waals surface area contributed by atoms with Crippen molar-refractivity contribution in [2.24, 2.45) is 5.92 Å². The summed E-state index contributed by atoms with van der Waals surface area (Å²) in [6.45, 7) is 9.03. The van der Waals surface area contributed by atoms with E-state index in [4.69, 9.17) is 20.2 Å². The summed E-state index contributed by atoms with van der Waals surface area (Å²) in [6.07, 6.45) is 4.79. The fraction of sp³-hybridized carbons (Fsp3) is 0.586. The molecular weight excluding hydrogens is 524 g/mol. The van der Waals surface area contributed by atoms with Crippen LogP contribution in [0.1, 0.15) is 64.6 Å². The van der Waals surface area contributed by atoms with E-state index in [0.29, 0.717) is 41.2 Å². The van der Waals surface area contributed by atoms with E-state index < -0.39 is 18.4 Å². The van der Waals surface area contributed by atoms with Gasteiger partial charge in [-0.1, -0.05) is 20.8 Å². The fourth-order valence-corrected chi connectivity index (χ4v) is 6.79. The van der Waals surface area contributed by atoms with Crippen molar-refractivity contribution < 1.29 is 19.7 Å². The number of aromatic amines is 1. The molecule has 7 rings (SSSR count). The quantitative estimate of drug-likeness (QED) is 0.285. The van der Waals surface area contributed by atoms with E-state index in [1.807, 2.05) is 6.07 Å². The summed E-state index contributed by atoms with van der Waals surface area (Å²) in [5, 5.41) is 21.6. The number of aliphatic hydroxyl groups is 1. The number of aryl methyl sites for hydroxylation is 1. The number of hydrogen-bond acceptors (Lipinski definition) is 10. The van der Waals surface area contributed by atoms with Crippen molar-refractivity contribution in [2.45, 2.75) is 95.6 Å². The highest BCUT2D eigenvalue weighted by Crippen LogP contribution is 2.42. The van der Waals surface area contributed by atoms with Crippen LogP contribution in [0.3, 0.4) is 0 Å². The Morgan fingerprint density at radius 2 is 1.95 bits per heavy atom. The maximum atomic E-state index is 11.1. The Balaban J connectivity index is 0.964. The van der Waals surface area contributed by atoms with E-state index in [0.717, 1.165) is 48.1 Å². The lowest BCUT2D eigenvalue weighted by atomic mass is 9.76. The Morgan fingerprint density at radius 3 is 2.73 bits per heavy atom. The van der Waals surface area contributed by atoms with Gasteiger partial charge < -0.3 is 30.4 Å². The minimum absolute atomic E-state index is 0.114. The number of nitrogens with zero attached hydrogens (tertiary/aromatic N) is 6. The largest absolute Gasteiger partial charge is 0.508 e. The van der Waals surface area contributed by atoms with E-state index in [1.54, 1.807) is 17.0 Å². The predicted molar refractivity (Wildman–Crippen MR) is 152 cm³/mol. The van der Waals surface area contributed by atoms with Crippen molar-refractivity contribution in [3.05, 3.63) is 36.2 Å². The van der Waals surface area contributed by atoms with Gasteiger partial charge in [0.1, 0.15) is 48.0 Å². The number of anilines is 1. The topological polar surface area (TPSA) is 160 Å². The van der Waals surface area contributed by atoms with Crippen LogP contribution in [0.15, 0.2) is 24.8 Å². The molecular formula is C29H38N8O4. The van der Waals surface area contributed by atoms with Crippen molar-refractivity contribution in [1.29, 1.82) is 0 Å². The van der Waals surface area contributed by atoms with Crippen molar-refractivity contribution in [1.82, 2.24) is 34.4 Å². The summed E-state index contributed by atoms with van der Waals surface area (Å²) < 4.78 is 14.4. The maximum absolute atomic E-state index is 11.1. The minimum atomic E-state index is -0.850. The highest BCUT2D eigenvalue weighted by Gasteiger charge is 2.52. The van der Waals surface area contributed by atoms with E-state index >= 15 is 0 Å². The number of ether oxygens (including phenoxy) is 2. The molecule has 1 saturated carbocycles. The number of nitrogens with one attached hydrogen (secondary N) is 1. The van der Waals surface area contributed by atoms with Crippen molar-refractivity contribution in [3.8, 4) is 5.75 Å². The summed E-state index contributed by atoms with van der Waals surface area (Å²) in [4.78, 5) is 23.2. The molecule has 3 fully saturated rings. The van der Waals surface area contributed by atoms with Gasteiger partial charge in [-0.25, -0.2) is 19.9 Å². The first kappa shape index (κ1) is 26.6. The molecule has 5 heterocycles. The number of H-pyrrole nitrogens is 1. The maximum Gasteiger partial charge on any atom is 0.167 e. The van der Waals surface area contributed by atoms with Gasteiger partial charge in [0.2, 0.25) is 0 Å². The van der Waals surface area contributed by atoms with Gasteiger partial charge in [0.25, 0.3) is 0 Å². The number of benzene rings is 1. The Morgan fingerprint density at radius 1 is 1.15 bits per heavy atom. The molecule has 0 bridgehead atoms. The number of phenols is 1. The number of nitrogen functional groups attached to an aromatic ring is 1. The van der Waals surface area contributed by atoms with Crippen LogP contribution in [-0.2, 0) is 21.3 Å². The summed E-state index contributed by atoms with van der Waals surface area (Å²) in [5.74, 6) is 2.18. The molecule has 3 aliphatic rings. The average molecular weight is 563 g/mol. The Hall–Kier alpha value is -3.32. The average Bonchev–Trinajstić information content (AvgIpc) is 3.58. The van der Waals surface area contributed by atoms with Gasteiger partial charge in [0.05, 0.1) is 17.4 Å². The van der Waals surface area contributed by atoms with Gasteiger partial charge >= 0.3 is 0 Å². The molecule has 0 radical (unpaired) electrons. The first-order chi connectivity index (χ1) is 19.6. The molecule has 2 saturated heterocycles. The first-order valence-corrected chi connectivity index (χ1v) is 14.5. The molecule has 2 aliphatic heterocycles. The zero-order chi connectivity index (χ0) is 28.6. The van der Waals surface area contributed by atoms with Crippen LogP contribution >= 0.6 is 0 Å². The Kier molecular flexibility index (Phi) is 6.23. The molecule has 218 valence electrons. The number of aliphatic hydroxyl groups excluding tert-OH is 1. The van der Waals surface area contributed by atoms with Crippen LogP contribution in [0.25, 0.3) is 22.2 Å². The third-order valence-electron chi connectivity index (χ3n) is 9.11. The standard InChI is InChI=1S/C29H38N8O4/c1-14-36(11-21-25(40-14)24(39)28(41-21)37-13-33-23-26(30)31-12-32-27(23)37)16-7-15(8-16)5-6-22-34-18-9-17(29(2,3)4)20(38)10-19(18)35-22/h9-10,12-16,21,24-25,28,38-39H,5-8,11H2,1-4H3,(H,34,35)(H2,30,31,32)/t14?,15?,16?,21-,24-,25-,28-/m1/s1. The Bertz CT molecular complexity index is 1590. The lowest BCUT2D eigenvalue weighted by Gasteiger charge is -2.49. The number of aromatic nitrogens is 6. The van der Waals surface area contributed by atoms with E-state index in [9.17, 15) is 10.2 Å². The third-order valence-corrected chi connectivity index (χ3v) is 9.11. The number of fused-ring (bicyclic) bond motifs is 3. The van der Waals surface area contributed by atoms with Crippen LogP contribution in [-0.4, -0.2) is 81.7 Å². The number of imidazole rings is 2. The number of nitrogens with two attached hydrogens (primary N) is 1. The fourth-order valence-electron chi connectivity index (χ4n) is 6.79. The van der Waals surface area contributed by atoms with Crippen molar-refractivity contribution in [2.75, 3.05) is 12.3 Å². The highest BCUT2D eigenvalue weighted by molar-refractivity contribution is 5.81. The Labute approximate surface area is 237 Å². The normalized spacial score (nSPS) is 30.6. The third kappa shape index (κ3) is 4.53. The number of aromatic hydroxyl groups is 1. The number of rotatable bonds is 5. The van der Waals surface area contributed by atoms with Gasteiger partial charge in [-0.3, -0.25) is 9.47 Å². The molecule has 1 unspecified atom stereocenters. The van der Waals surface area contributed by atoms with Crippen LogP contribution in [0.2, 0.25) is 0 Å². The monoisotopic (exact) mass is 562 g/mol. The summed E-state index contributed by atoms with van der Waals surface area (Å²) in [7, 11) is 0. The van der Waals surface area contributed by atoms with Crippen LogP contribution in [0.4, 0.5) is 5.82 Å². The van der Waals surface area contributed by atoms with Crippen LogP contribution < -0.4 is 5.73 Å². The molecule has 0 spiro atoms. The lowest BCUT2D eigenvalue weighted by Crippen LogP contribution is -2.59. The smallest absolute Gasteiger partial charge is 0.167 e. The van der Waals surface area contributed by atoms with Crippen molar-refractivity contribution in [3.63, 3.8) is 0 Å². The van der Waals surface area contributed by atoms with Gasteiger partial charge in [0, 0.05) is 30.6 Å². The summed E-state index contributed by atoms with van der Waals surface area (Å²) in [5.41, 5.74) is 9.51. The predicted octanol–water partition coefficient (Wildman–Crippen LogP) is 3.00. The number of hydrogen-bond donors (Lipinski definition) is 4. The molecule has 41 heavy (non-hydrogen) atoms. The zero-order valence-electron chi connectivity index (χ0n) is 23.9. The van der Waals surface area contributed by atoms with Gasteiger partial charge in [-0.15, -0.1) is 0 Å². The molecule has 0 amide bonds. The minimum Gasteiger partial charge on any atom is -0.508 e. The van der Waals surface area contributed by atoms with Gasteiger partial charge in [-0.2, -0.15) is 0 Å². The molecule has 12 nitrogen and oxygen atoms in total. The van der Waals surface area contributed by atoms with E-state index in [2.05, 4.69) is 52.5 Å². The van der Waals surface area contributed by atoms with Crippen LogP contribution in [0, 0.1) is 5.92 Å². The second-order valence-electron chi connectivity index (χ2n) is 12.9. The second kappa shape index (κ2) is 9.62. The molecule has 5 atom stereocenters. The van der Waals surface area contributed by atoms with Crippen molar-refractivity contribution >= 4 is 28.0 Å². The van der Waals surface area contributed by atoms with Gasteiger partial charge in [0.15, 0.2) is 17.7 Å². The number of phenolic OH excluding ortho intramolecular Hbond substituents is 1. The zero-order valence-corrected chi connectivity index (χ0v) is 23.9. The van der Waals surface area contributed by atoms with Gasteiger partial charge in [-0.05, 0) is 43.6 Å². The molecule has 5 N–H and O–H groups in total. The summed E-state index contributed by atoms with van der Waals surface area (Å²) in [6, 6.07) is 4.21. The summed E-state index contributed by atoms with van der Waals surface area (Å²) >= 11 is 0. The second-order valence-corrected chi connectivity index (χ2v) is 12.9. The molecule has 12 heteroatoms. The molecule has 1 aliphatic carbocycles. The van der Waals surface area contributed by atoms with Crippen LogP contribution in [0.5, 0.6) is 5.75 Å². The lowest BCUT2D eigenvalue weighted by molar-refractivity contribution is -0.199. The molecule has 1 aromatic carbocycles. The molecule has 4 aromatic rings. The van der Waals surface area contributed by atoms with E-state index in [-0.39, 0.29) is 17.7 Å². The SMILES string of the molecule is CC1O[C@H]2[C@@H](O)[C@H](n3cnc4c(N)ncnc43)O[C@@H]2CN1C1CC(CCc2nc3cc(C(C)(C)C)c(O)cc3[nH]2)C1. The first-order valence-electron chi connectivity index (χ1n) is 14.5.